The van der Waals surface area contributed by atoms with Crippen LogP contribution >= 0.6 is 0 Å². The lowest BCUT2D eigenvalue weighted by Crippen LogP contribution is -2.37. The van der Waals surface area contributed by atoms with E-state index in [1.54, 1.807) is 0 Å². The second-order valence-corrected chi connectivity index (χ2v) is 5.97. The average Bonchev–Trinajstić information content (AvgIpc) is 2.62. The van der Waals surface area contributed by atoms with Gasteiger partial charge in [-0.15, -0.1) is 0 Å². The van der Waals surface area contributed by atoms with E-state index in [4.69, 9.17) is 9.47 Å². The van der Waals surface area contributed by atoms with E-state index in [-0.39, 0.29) is 5.91 Å². The third-order valence-corrected chi connectivity index (χ3v) is 4.21. The maximum Gasteiger partial charge on any atom is 0.261 e. The van der Waals surface area contributed by atoms with Gasteiger partial charge in [-0.25, -0.2) is 0 Å². The molecule has 1 N–H and O–H groups in total. The third kappa shape index (κ3) is 4.99. The molecule has 0 aliphatic heterocycles. The molecule has 0 heterocycles. The number of carbonyl (C=O) groups is 1. The number of para-hydroxylation sites is 1. The molecule has 0 saturated heterocycles. The molecule has 2 aromatic carbocycles. The van der Waals surface area contributed by atoms with Crippen LogP contribution in [-0.4, -0.2) is 18.6 Å². The molecular weight excluding hydrogens is 314 g/mol. The average molecular weight is 341 g/mol. The minimum atomic E-state index is -0.514. The van der Waals surface area contributed by atoms with E-state index >= 15 is 0 Å². The summed E-state index contributed by atoms with van der Waals surface area (Å²) >= 11 is 0. The van der Waals surface area contributed by atoms with Gasteiger partial charge in [0.2, 0.25) is 0 Å². The number of aryl methyl sites for hydroxylation is 1. The van der Waals surface area contributed by atoms with E-state index < -0.39 is 6.10 Å². The number of rotatable bonds is 8. The molecule has 0 aliphatic rings. The van der Waals surface area contributed by atoms with Gasteiger partial charge in [0, 0.05) is 12.1 Å². The Morgan fingerprint density at radius 3 is 2.48 bits per heavy atom. The quantitative estimate of drug-likeness (QED) is 0.784. The zero-order chi connectivity index (χ0) is 18.2. The first-order valence-electron chi connectivity index (χ1n) is 8.78. The Labute approximate surface area is 150 Å². The molecule has 0 unspecified atom stereocenters. The van der Waals surface area contributed by atoms with Gasteiger partial charge in [0.25, 0.3) is 5.91 Å². The molecule has 0 spiro atoms. The summed E-state index contributed by atoms with van der Waals surface area (Å²) in [5, 5.41) is 2.96. The highest BCUT2D eigenvalue weighted by Gasteiger charge is 2.19. The Kier molecular flexibility index (Phi) is 6.87. The van der Waals surface area contributed by atoms with Gasteiger partial charge in [0.1, 0.15) is 11.5 Å². The fraction of sp³-hybridized carbons (Fsp3) is 0.381. The molecule has 0 bridgehead atoms. The van der Waals surface area contributed by atoms with Crippen molar-refractivity contribution in [2.45, 2.75) is 46.8 Å². The van der Waals surface area contributed by atoms with Crippen molar-refractivity contribution in [3.8, 4) is 11.5 Å². The van der Waals surface area contributed by atoms with Crippen LogP contribution in [-0.2, 0) is 11.3 Å². The zero-order valence-corrected chi connectivity index (χ0v) is 15.5. The predicted molar refractivity (Wildman–Crippen MR) is 100 cm³/mol. The van der Waals surface area contributed by atoms with Crippen molar-refractivity contribution in [2.75, 3.05) is 6.61 Å². The SMILES string of the molecule is CCOc1ccccc1CNC(=O)[C@@H](CC)Oc1cccc(C)c1C. The van der Waals surface area contributed by atoms with Gasteiger partial charge in [-0.05, 0) is 50.5 Å². The fourth-order valence-electron chi connectivity index (χ4n) is 2.57. The van der Waals surface area contributed by atoms with E-state index in [0.29, 0.717) is 19.6 Å². The molecule has 134 valence electrons. The van der Waals surface area contributed by atoms with Crippen LogP contribution in [0.1, 0.15) is 37.0 Å². The second kappa shape index (κ2) is 9.11. The second-order valence-electron chi connectivity index (χ2n) is 5.97. The Morgan fingerprint density at radius 1 is 1.04 bits per heavy atom. The first kappa shape index (κ1) is 18.8. The lowest BCUT2D eigenvalue weighted by molar-refractivity contribution is -0.128. The minimum absolute atomic E-state index is 0.116. The lowest BCUT2D eigenvalue weighted by atomic mass is 10.1. The normalized spacial score (nSPS) is 11.7. The Hall–Kier alpha value is -2.49. The summed E-state index contributed by atoms with van der Waals surface area (Å²) in [5.41, 5.74) is 3.17. The third-order valence-electron chi connectivity index (χ3n) is 4.21. The summed E-state index contributed by atoms with van der Waals surface area (Å²) in [6.45, 7) is 8.95. The van der Waals surface area contributed by atoms with Crippen LogP contribution in [0.4, 0.5) is 0 Å². The number of carbonyl (C=O) groups excluding carboxylic acids is 1. The van der Waals surface area contributed by atoms with Crippen LogP contribution in [0.5, 0.6) is 11.5 Å². The molecule has 0 radical (unpaired) electrons. The molecule has 2 rings (SSSR count). The van der Waals surface area contributed by atoms with E-state index in [9.17, 15) is 4.79 Å². The van der Waals surface area contributed by atoms with Crippen LogP contribution in [0, 0.1) is 13.8 Å². The summed E-state index contributed by atoms with van der Waals surface area (Å²) < 4.78 is 11.6. The Morgan fingerprint density at radius 2 is 1.76 bits per heavy atom. The molecule has 25 heavy (non-hydrogen) atoms. The topological polar surface area (TPSA) is 47.6 Å². The first-order chi connectivity index (χ1) is 12.1. The maximum atomic E-state index is 12.5. The summed E-state index contributed by atoms with van der Waals surface area (Å²) in [5.74, 6) is 1.44. The van der Waals surface area contributed by atoms with Crippen LogP contribution < -0.4 is 14.8 Å². The van der Waals surface area contributed by atoms with Gasteiger partial charge < -0.3 is 14.8 Å². The maximum absolute atomic E-state index is 12.5. The van der Waals surface area contributed by atoms with Gasteiger partial charge in [0.15, 0.2) is 6.10 Å². The number of amides is 1. The number of ether oxygens (including phenoxy) is 2. The molecule has 0 saturated carbocycles. The predicted octanol–water partition coefficient (Wildman–Crippen LogP) is 4.18. The largest absolute Gasteiger partial charge is 0.494 e. The van der Waals surface area contributed by atoms with Crippen LogP contribution in [0.2, 0.25) is 0 Å². The highest BCUT2D eigenvalue weighted by Crippen LogP contribution is 2.23. The van der Waals surface area contributed by atoms with Crippen LogP contribution in [0.25, 0.3) is 0 Å². The van der Waals surface area contributed by atoms with Gasteiger partial charge in [-0.2, -0.15) is 0 Å². The summed E-state index contributed by atoms with van der Waals surface area (Å²) in [6.07, 6.45) is 0.0894. The summed E-state index contributed by atoms with van der Waals surface area (Å²) in [6, 6.07) is 13.6. The standard InChI is InChI=1S/C21H27NO3/c1-5-18(25-19-13-9-10-15(3)16(19)4)21(23)22-14-17-11-7-8-12-20(17)24-6-2/h7-13,18H,5-6,14H2,1-4H3,(H,22,23)/t18-/m1/s1. The molecular formula is C21H27NO3. The van der Waals surface area contributed by atoms with E-state index in [1.807, 2.05) is 70.2 Å². The number of nitrogens with one attached hydrogen (secondary N) is 1. The van der Waals surface area contributed by atoms with Gasteiger partial charge in [0.05, 0.1) is 6.61 Å². The van der Waals surface area contributed by atoms with Gasteiger partial charge >= 0.3 is 0 Å². The molecule has 0 aliphatic carbocycles. The number of hydrogen-bond donors (Lipinski definition) is 1. The zero-order valence-electron chi connectivity index (χ0n) is 15.5. The van der Waals surface area contributed by atoms with Crippen molar-refractivity contribution in [2.24, 2.45) is 0 Å². The molecule has 4 nitrogen and oxygen atoms in total. The van der Waals surface area contributed by atoms with Crippen LogP contribution in [0.15, 0.2) is 42.5 Å². The molecule has 4 heteroatoms. The molecule has 0 aromatic heterocycles. The molecule has 1 atom stereocenters. The van der Waals surface area contributed by atoms with Crippen LogP contribution in [0.3, 0.4) is 0 Å². The monoisotopic (exact) mass is 341 g/mol. The van der Waals surface area contributed by atoms with Gasteiger partial charge in [-0.3, -0.25) is 4.79 Å². The van der Waals surface area contributed by atoms with Crippen molar-refractivity contribution in [1.29, 1.82) is 0 Å². The minimum Gasteiger partial charge on any atom is -0.494 e. The highest BCUT2D eigenvalue weighted by molar-refractivity contribution is 5.81. The number of hydrogen-bond acceptors (Lipinski definition) is 3. The van der Waals surface area contributed by atoms with E-state index in [2.05, 4.69) is 5.32 Å². The molecule has 0 fully saturated rings. The summed E-state index contributed by atoms with van der Waals surface area (Å²) in [4.78, 5) is 12.5. The Bertz CT molecular complexity index is 712. The van der Waals surface area contributed by atoms with Crippen molar-refractivity contribution in [1.82, 2.24) is 5.32 Å². The smallest absolute Gasteiger partial charge is 0.261 e. The van der Waals surface area contributed by atoms with E-state index in [1.165, 1.54) is 0 Å². The van der Waals surface area contributed by atoms with Crippen molar-refractivity contribution >= 4 is 5.91 Å². The Balaban J connectivity index is 2.02. The van der Waals surface area contributed by atoms with Crippen molar-refractivity contribution in [3.63, 3.8) is 0 Å². The number of benzene rings is 2. The first-order valence-corrected chi connectivity index (χ1v) is 8.78. The summed E-state index contributed by atoms with van der Waals surface area (Å²) in [7, 11) is 0. The van der Waals surface area contributed by atoms with Crippen molar-refractivity contribution < 1.29 is 14.3 Å². The van der Waals surface area contributed by atoms with Gasteiger partial charge in [-0.1, -0.05) is 37.3 Å². The van der Waals surface area contributed by atoms with E-state index in [0.717, 1.165) is 28.2 Å². The molecule has 2 aromatic rings. The molecule has 1 amide bonds. The fourth-order valence-corrected chi connectivity index (χ4v) is 2.57. The highest BCUT2D eigenvalue weighted by atomic mass is 16.5. The lowest BCUT2D eigenvalue weighted by Gasteiger charge is -2.19. The van der Waals surface area contributed by atoms with Crippen molar-refractivity contribution in [3.05, 3.63) is 59.2 Å².